The molecular weight excluding hydrogens is 464 g/mol. The van der Waals surface area contributed by atoms with Crippen LogP contribution < -0.4 is 5.32 Å². The second kappa shape index (κ2) is 9.71. The van der Waals surface area contributed by atoms with Crippen LogP contribution in [0.15, 0.2) is 71.2 Å². The van der Waals surface area contributed by atoms with Crippen LogP contribution in [0.2, 0.25) is 0 Å². The normalized spacial score (nSPS) is 12.5. The number of benzene rings is 3. The van der Waals surface area contributed by atoms with Gasteiger partial charge in [0, 0.05) is 28.2 Å². The lowest BCUT2D eigenvalue weighted by Gasteiger charge is -2.16. The molecule has 0 saturated heterocycles. The number of anilines is 1. The molecule has 31 heavy (non-hydrogen) atoms. The minimum absolute atomic E-state index is 0.0662. The van der Waals surface area contributed by atoms with Crippen molar-refractivity contribution in [3.8, 4) is 0 Å². The molecule has 0 heterocycles. The molecule has 1 atom stereocenters. The Hall–Kier alpha value is -2.57. The molecule has 0 aliphatic rings. The topological polar surface area (TPSA) is 49.3 Å². The summed E-state index contributed by atoms with van der Waals surface area (Å²) in [7, 11) is 0. The number of nitrogens with one attached hydrogen (secondary N) is 1. The minimum Gasteiger partial charge on any atom is -0.388 e. The van der Waals surface area contributed by atoms with Gasteiger partial charge in [0.25, 0.3) is 11.8 Å². The van der Waals surface area contributed by atoms with Crippen molar-refractivity contribution in [2.24, 2.45) is 0 Å². The van der Waals surface area contributed by atoms with E-state index in [1.807, 2.05) is 31.2 Å². The number of aliphatic hydroxyl groups is 1. The van der Waals surface area contributed by atoms with Crippen molar-refractivity contribution in [2.45, 2.75) is 38.7 Å². The molecule has 6 heteroatoms. The van der Waals surface area contributed by atoms with Crippen LogP contribution in [-0.2, 0) is 12.3 Å². The van der Waals surface area contributed by atoms with Gasteiger partial charge in [-0.1, -0.05) is 52.3 Å². The third kappa shape index (κ3) is 5.99. The zero-order valence-electron chi connectivity index (χ0n) is 17.3. The van der Waals surface area contributed by atoms with E-state index in [0.717, 1.165) is 23.7 Å². The lowest BCUT2D eigenvalue weighted by atomic mass is 9.98. The third-order valence-electron chi connectivity index (χ3n) is 5.16. The summed E-state index contributed by atoms with van der Waals surface area (Å²) in [4.78, 5) is 12.5. The molecule has 0 bridgehead atoms. The second-order valence-electron chi connectivity index (χ2n) is 7.65. The second-order valence-corrected chi connectivity index (χ2v) is 8.50. The Balaban J connectivity index is 1.62. The van der Waals surface area contributed by atoms with Gasteiger partial charge in [-0.15, -0.1) is 0 Å². The number of hydrogen-bond donors (Lipinski definition) is 2. The average Bonchev–Trinajstić information content (AvgIpc) is 2.74. The number of hydrogen-bond acceptors (Lipinski definition) is 2. The van der Waals surface area contributed by atoms with Gasteiger partial charge in [0.2, 0.25) is 0 Å². The Kier molecular flexibility index (Phi) is 7.23. The quantitative estimate of drug-likeness (QED) is 0.385. The van der Waals surface area contributed by atoms with Crippen LogP contribution in [0.1, 0.15) is 52.1 Å². The Morgan fingerprint density at radius 1 is 1.10 bits per heavy atom. The van der Waals surface area contributed by atoms with Gasteiger partial charge >= 0.3 is 0 Å². The molecule has 0 spiro atoms. The number of halogens is 3. The molecule has 3 aromatic carbocycles. The van der Waals surface area contributed by atoms with E-state index in [-0.39, 0.29) is 11.5 Å². The summed E-state index contributed by atoms with van der Waals surface area (Å²) in [5, 5.41) is 13.4. The van der Waals surface area contributed by atoms with E-state index in [2.05, 4.69) is 21.2 Å². The van der Waals surface area contributed by atoms with E-state index in [4.69, 9.17) is 0 Å². The largest absolute Gasteiger partial charge is 0.388 e. The maximum absolute atomic E-state index is 13.7. The van der Waals surface area contributed by atoms with Gasteiger partial charge < -0.3 is 10.4 Å². The maximum Gasteiger partial charge on any atom is 0.271 e. The van der Waals surface area contributed by atoms with Crippen LogP contribution in [0, 0.1) is 6.92 Å². The van der Waals surface area contributed by atoms with E-state index < -0.39 is 12.0 Å². The van der Waals surface area contributed by atoms with Crippen LogP contribution in [0.25, 0.3) is 0 Å². The Labute approximate surface area is 189 Å². The van der Waals surface area contributed by atoms with E-state index in [9.17, 15) is 18.7 Å². The summed E-state index contributed by atoms with van der Waals surface area (Å²) in [6.07, 6.45) is 0.0701. The molecule has 0 saturated carbocycles. The monoisotopic (exact) mass is 487 g/mol. The first kappa shape index (κ1) is 23.1. The SMILES string of the molecule is Cc1ccccc1NC(=O)c1ccc(C(O)CCc2ccc(Br)c(C(C)(F)F)c2)cc1. The number of aryl methyl sites for hydroxylation is 2. The lowest BCUT2D eigenvalue weighted by Crippen LogP contribution is -2.13. The van der Waals surface area contributed by atoms with Gasteiger partial charge in [-0.3, -0.25) is 4.79 Å². The predicted octanol–water partition coefficient (Wildman–Crippen LogP) is 6.79. The fourth-order valence-electron chi connectivity index (χ4n) is 3.30. The first-order valence-corrected chi connectivity index (χ1v) is 10.8. The summed E-state index contributed by atoms with van der Waals surface area (Å²) >= 11 is 3.16. The number of carbonyl (C=O) groups excluding carboxylic acids is 1. The molecular formula is C25H24BrF2NO2. The van der Waals surface area contributed by atoms with Crippen LogP contribution in [-0.4, -0.2) is 11.0 Å². The summed E-state index contributed by atoms with van der Waals surface area (Å²) in [6.45, 7) is 2.79. The van der Waals surface area contributed by atoms with Gasteiger partial charge in [0.15, 0.2) is 0 Å². The molecule has 0 aliphatic heterocycles. The summed E-state index contributed by atoms with van der Waals surface area (Å²) < 4.78 is 27.8. The highest BCUT2D eigenvalue weighted by Crippen LogP contribution is 2.34. The molecule has 0 radical (unpaired) electrons. The van der Waals surface area contributed by atoms with Crippen LogP contribution in [0.4, 0.5) is 14.5 Å². The number of alkyl halides is 2. The van der Waals surface area contributed by atoms with E-state index >= 15 is 0 Å². The highest BCUT2D eigenvalue weighted by Gasteiger charge is 2.27. The summed E-state index contributed by atoms with van der Waals surface area (Å²) in [6, 6.07) is 19.1. The standard InChI is InChI=1S/C25H24BrF2NO2/c1-16-5-3-4-6-22(16)29-24(31)19-11-9-18(10-12-19)23(30)14-8-17-7-13-21(26)20(15-17)25(2,27)28/h3-7,9-13,15,23,30H,8,14H2,1-2H3,(H,29,31). The van der Waals surface area contributed by atoms with Crippen molar-refractivity contribution >= 4 is 27.5 Å². The molecule has 3 aromatic rings. The smallest absolute Gasteiger partial charge is 0.271 e. The summed E-state index contributed by atoms with van der Waals surface area (Å²) in [5.74, 6) is -3.17. The molecule has 2 N–H and O–H groups in total. The number of aliphatic hydroxyl groups excluding tert-OH is 1. The van der Waals surface area contributed by atoms with Crippen molar-refractivity contribution in [3.05, 3.63) is 99.0 Å². The maximum atomic E-state index is 13.7. The van der Waals surface area contributed by atoms with Crippen LogP contribution in [0.5, 0.6) is 0 Å². The first-order valence-electron chi connectivity index (χ1n) is 9.97. The van der Waals surface area contributed by atoms with Crippen LogP contribution in [0.3, 0.4) is 0 Å². The lowest BCUT2D eigenvalue weighted by molar-refractivity contribution is 0.0166. The molecule has 3 rings (SSSR count). The molecule has 0 fully saturated rings. The number of rotatable bonds is 7. The fourth-order valence-corrected chi connectivity index (χ4v) is 3.89. The highest BCUT2D eigenvalue weighted by atomic mass is 79.9. The Morgan fingerprint density at radius 3 is 2.42 bits per heavy atom. The number of carbonyl (C=O) groups is 1. The Morgan fingerprint density at radius 2 is 1.77 bits per heavy atom. The molecule has 3 nitrogen and oxygen atoms in total. The van der Waals surface area contributed by atoms with Gasteiger partial charge in [-0.05, 0) is 66.8 Å². The average molecular weight is 488 g/mol. The zero-order chi connectivity index (χ0) is 22.6. The molecule has 1 amide bonds. The van der Waals surface area contributed by atoms with Crippen LogP contribution >= 0.6 is 15.9 Å². The predicted molar refractivity (Wildman–Crippen MR) is 123 cm³/mol. The minimum atomic E-state index is -2.94. The van der Waals surface area contributed by atoms with E-state index in [1.54, 1.807) is 36.4 Å². The number of para-hydroxylation sites is 1. The van der Waals surface area contributed by atoms with Crippen molar-refractivity contribution in [2.75, 3.05) is 5.32 Å². The van der Waals surface area contributed by atoms with Gasteiger partial charge in [0.1, 0.15) is 0 Å². The van der Waals surface area contributed by atoms with Gasteiger partial charge in [0.05, 0.1) is 6.10 Å². The highest BCUT2D eigenvalue weighted by molar-refractivity contribution is 9.10. The first-order chi connectivity index (χ1) is 14.6. The van der Waals surface area contributed by atoms with Crippen molar-refractivity contribution in [1.29, 1.82) is 0 Å². The van der Waals surface area contributed by atoms with Crippen molar-refractivity contribution < 1.29 is 18.7 Å². The third-order valence-corrected chi connectivity index (χ3v) is 5.85. The zero-order valence-corrected chi connectivity index (χ0v) is 18.9. The van der Waals surface area contributed by atoms with Crippen molar-refractivity contribution in [3.63, 3.8) is 0 Å². The molecule has 162 valence electrons. The van der Waals surface area contributed by atoms with E-state index in [0.29, 0.717) is 28.4 Å². The Bertz CT molecular complexity index is 1060. The van der Waals surface area contributed by atoms with Crippen molar-refractivity contribution in [1.82, 2.24) is 0 Å². The van der Waals surface area contributed by atoms with E-state index in [1.165, 1.54) is 6.07 Å². The molecule has 0 aliphatic carbocycles. The molecule has 0 aromatic heterocycles. The van der Waals surface area contributed by atoms with Gasteiger partial charge in [-0.2, -0.15) is 0 Å². The molecule has 1 unspecified atom stereocenters. The van der Waals surface area contributed by atoms with Gasteiger partial charge in [-0.25, -0.2) is 8.78 Å². The summed E-state index contributed by atoms with van der Waals surface area (Å²) in [5.41, 5.74) is 3.55. The number of amides is 1. The fraction of sp³-hybridized carbons (Fsp3) is 0.240.